The fourth-order valence-electron chi connectivity index (χ4n) is 3.01. The number of nitrogens with two attached hydrogens (primary N) is 1. The second-order valence-electron chi connectivity index (χ2n) is 6.14. The van der Waals surface area contributed by atoms with E-state index in [1.54, 1.807) is 6.07 Å². The number of imidazole rings is 1. The molecule has 0 unspecified atom stereocenters. The van der Waals surface area contributed by atoms with Gasteiger partial charge in [0.25, 0.3) is 0 Å². The van der Waals surface area contributed by atoms with Crippen LogP contribution in [-0.4, -0.2) is 38.7 Å². The van der Waals surface area contributed by atoms with Crippen LogP contribution in [0.25, 0.3) is 11.0 Å². The SMILES string of the molecule is CCc1nc2c(N)nc(C)c(C)c2n1CCCS(=O)(=O)c1ncccn1. The van der Waals surface area contributed by atoms with Gasteiger partial charge in [0.15, 0.2) is 5.82 Å². The van der Waals surface area contributed by atoms with Gasteiger partial charge in [0.05, 0.1) is 11.3 Å². The molecule has 138 valence electrons. The molecule has 26 heavy (non-hydrogen) atoms. The van der Waals surface area contributed by atoms with Gasteiger partial charge in [-0.15, -0.1) is 0 Å². The summed E-state index contributed by atoms with van der Waals surface area (Å²) < 4.78 is 26.8. The highest BCUT2D eigenvalue weighted by molar-refractivity contribution is 7.91. The first-order chi connectivity index (χ1) is 12.3. The predicted molar refractivity (Wildman–Crippen MR) is 99.5 cm³/mol. The molecule has 0 bridgehead atoms. The van der Waals surface area contributed by atoms with Crippen LogP contribution in [0.4, 0.5) is 5.82 Å². The van der Waals surface area contributed by atoms with Crippen molar-refractivity contribution in [3.05, 3.63) is 35.5 Å². The maximum atomic E-state index is 12.4. The number of nitrogen functional groups attached to an aromatic ring is 1. The van der Waals surface area contributed by atoms with Gasteiger partial charge in [0.2, 0.25) is 15.0 Å². The minimum Gasteiger partial charge on any atom is -0.382 e. The molecule has 0 saturated heterocycles. The quantitative estimate of drug-likeness (QED) is 0.654. The molecule has 0 atom stereocenters. The molecule has 9 heteroatoms. The van der Waals surface area contributed by atoms with E-state index in [0.717, 1.165) is 29.0 Å². The van der Waals surface area contributed by atoms with Crippen molar-refractivity contribution >= 4 is 26.7 Å². The molecule has 0 radical (unpaired) electrons. The maximum absolute atomic E-state index is 12.4. The van der Waals surface area contributed by atoms with Crippen LogP contribution in [-0.2, 0) is 22.8 Å². The number of aromatic nitrogens is 5. The van der Waals surface area contributed by atoms with Crippen LogP contribution in [0.1, 0.15) is 30.4 Å². The Morgan fingerprint density at radius 3 is 2.50 bits per heavy atom. The Balaban J connectivity index is 1.90. The van der Waals surface area contributed by atoms with Crippen molar-refractivity contribution in [3.8, 4) is 0 Å². The van der Waals surface area contributed by atoms with Gasteiger partial charge in [-0.3, -0.25) is 0 Å². The van der Waals surface area contributed by atoms with E-state index >= 15 is 0 Å². The summed E-state index contributed by atoms with van der Waals surface area (Å²) in [6.07, 6.45) is 4.02. The Labute approximate surface area is 152 Å². The van der Waals surface area contributed by atoms with Crippen LogP contribution in [0.2, 0.25) is 0 Å². The van der Waals surface area contributed by atoms with Crippen molar-refractivity contribution in [3.63, 3.8) is 0 Å². The molecule has 0 saturated carbocycles. The van der Waals surface area contributed by atoms with Crippen molar-refractivity contribution in [1.29, 1.82) is 0 Å². The first-order valence-electron chi connectivity index (χ1n) is 8.46. The third kappa shape index (κ3) is 3.26. The number of fused-ring (bicyclic) bond motifs is 1. The summed E-state index contributed by atoms with van der Waals surface area (Å²) in [4.78, 5) is 16.6. The normalized spacial score (nSPS) is 12.0. The summed E-state index contributed by atoms with van der Waals surface area (Å²) in [6, 6.07) is 1.59. The average molecular weight is 374 g/mol. The molecule has 0 fully saturated rings. The van der Waals surface area contributed by atoms with Crippen LogP contribution >= 0.6 is 0 Å². The molecular formula is C17H22N6O2S. The topological polar surface area (TPSA) is 117 Å². The number of aryl methyl sites for hydroxylation is 4. The number of sulfone groups is 1. The van der Waals surface area contributed by atoms with E-state index in [1.165, 1.54) is 12.4 Å². The van der Waals surface area contributed by atoms with Crippen LogP contribution in [0.15, 0.2) is 23.6 Å². The van der Waals surface area contributed by atoms with E-state index in [1.807, 2.05) is 20.8 Å². The van der Waals surface area contributed by atoms with Gasteiger partial charge in [-0.05, 0) is 31.9 Å². The molecular weight excluding hydrogens is 352 g/mol. The zero-order valence-corrected chi connectivity index (χ0v) is 15.9. The molecule has 0 aliphatic rings. The lowest BCUT2D eigenvalue weighted by atomic mass is 10.2. The van der Waals surface area contributed by atoms with E-state index in [-0.39, 0.29) is 10.9 Å². The minimum atomic E-state index is -3.51. The smallest absolute Gasteiger partial charge is 0.246 e. The second kappa shape index (κ2) is 6.99. The number of hydrogen-bond acceptors (Lipinski definition) is 7. The zero-order valence-electron chi connectivity index (χ0n) is 15.1. The van der Waals surface area contributed by atoms with Gasteiger partial charge in [-0.1, -0.05) is 6.92 Å². The van der Waals surface area contributed by atoms with Gasteiger partial charge in [0.1, 0.15) is 11.3 Å². The summed E-state index contributed by atoms with van der Waals surface area (Å²) in [5, 5.41) is -0.133. The summed E-state index contributed by atoms with van der Waals surface area (Å²) in [7, 11) is -3.51. The first kappa shape index (κ1) is 18.2. The maximum Gasteiger partial charge on any atom is 0.246 e. The monoisotopic (exact) mass is 374 g/mol. The van der Waals surface area contributed by atoms with Crippen LogP contribution in [0, 0.1) is 13.8 Å². The van der Waals surface area contributed by atoms with E-state index in [0.29, 0.717) is 24.3 Å². The Morgan fingerprint density at radius 1 is 1.15 bits per heavy atom. The Kier molecular flexibility index (Phi) is 4.90. The summed E-state index contributed by atoms with van der Waals surface area (Å²) in [6.45, 7) is 6.43. The first-order valence-corrected chi connectivity index (χ1v) is 10.1. The highest BCUT2D eigenvalue weighted by Crippen LogP contribution is 2.26. The van der Waals surface area contributed by atoms with Gasteiger partial charge < -0.3 is 10.3 Å². The van der Waals surface area contributed by atoms with E-state index < -0.39 is 9.84 Å². The number of nitrogens with zero attached hydrogens (tertiary/aromatic N) is 5. The fraction of sp³-hybridized carbons (Fsp3) is 0.412. The predicted octanol–water partition coefficient (Wildman–Crippen LogP) is 1.85. The largest absolute Gasteiger partial charge is 0.382 e. The van der Waals surface area contributed by atoms with Gasteiger partial charge >= 0.3 is 0 Å². The van der Waals surface area contributed by atoms with Crippen LogP contribution in [0.5, 0.6) is 0 Å². The third-order valence-electron chi connectivity index (χ3n) is 4.41. The van der Waals surface area contributed by atoms with E-state index in [9.17, 15) is 8.42 Å². The van der Waals surface area contributed by atoms with E-state index in [2.05, 4.69) is 24.5 Å². The van der Waals surface area contributed by atoms with Gasteiger partial charge in [-0.2, -0.15) is 0 Å². The molecule has 3 aromatic heterocycles. The van der Waals surface area contributed by atoms with E-state index in [4.69, 9.17) is 5.73 Å². The lowest BCUT2D eigenvalue weighted by Crippen LogP contribution is -2.14. The van der Waals surface area contributed by atoms with Crippen molar-refractivity contribution in [2.75, 3.05) is 11.5 Å². The summed E-state index contributed by atoms with van der Waals surface area (Å²) >= 11 is 0. The van der Waals surface area contributed by atoms with Crippen molar-refractivity contribution in [2.24, 2.45) is 0 Å². The number of pyridine rings is 1. The lowest BCUT2D eigenvalue weighted by Gasteiger charge is -2.11. The molecule has 0 aliphatic heterocycles. The Hall–Kier alpha value is -2.55. The molecule has 8 nitrogen and oxygen atoms in total. The van der Waals surface area contributed by atoms with Crippen molar-refractivity contribution in [1.82, 2.24) is 24.5 Å². The number of rotatable bonds is 6. The average Bonchev–Trinajstić information content (AvgIpc) is 3.00. The van der Waals surface area contributed by atoms with Crippen molar-refractivity contribution < 1.29 is 8.42 Å². The third-order valence-corrected chi connectivity index (χ3v) is 6.00. The van der Waals surface area contributed by atoms with Crippen LogP contribution in [0.3, 0.4) is 0 Å². The molecule has 0 amide bonds. The number of hydrogen-bond donors (Lipinski definition) is 1. The highest BCUT2D eigenvalue weighted by atomic mass is 32.2. The van der Waals surface area contributed by atoms with Crippen molar-refractivity contribution in [2.45, 2.75) is 45.3 Å². The molecule has 0 aromatic carbocycles. The number of anilines is 1. The summed E-state index contributed by atoms with van der Waals surface area (Å²) in [5.41, 5.74) is 9.51. The molecule has 0 spiro atoms. The van der Waals surface area contributed by atoms with Gasteiger partial charge in [-0.25, -0.2) is 28.4 Å². The standard InChI is InChI=1S/C17H22N6O2S/c1-4-13-22-14-15(11(2)12(3)21-16(14)18)23(13)9-6-10-26(24,25)17-19-7-5-8-20-17/h5,7-8H,4,6,9-10H2,1-3H3,(H2,18,21). The van der Waals surface area contributed by atoms with Crippen LogP contribution < -0.4 is 5.73 Å². The minimum absolute atomic E-state index is 0.0293. The Morgan fingerprint density at radius 2 is 1.85 bits per heavy atom. The van der Waals surface area contributed by atoms with Gasteiger partial charge in [0, 0.05) is 31.1 Å². The Bertz CT molecular complexity index is 1040. The fourth-order valence-corrected chi connectivity index (χ4v) is 4.14. The zero-order chi connectivity index (χ0) is 18.9. The molecule has 3 rings (SSSR count). The molecule has 3 heterocycles. The highest BCUT2D eigenvalue weighted by Gasteiger charge is 2.20. The second-order valence-corrected chi connectivity index (χ2v) is 8.14. The molecule has 2 N–H and O–H groups in total. The summed E-state index contributed by atoms with van der Waals surface area (Å²) in [5.74, 6) is 1.25. The molecule has 0 aliphatic carbocycles. The lowest BCUT2D eigenvalue weighted by molar-refractivity contribution is 0.576. The molecule has 3 aromatic rings.